The molecule has 1 aromatic heterocycles. The van der Waals surface area contributed by atoms with Gasteiger partial charge in [0.15, 0.2) is 0 Å². The molecule has 2 aromatic rings. The summed E-state index contributed by atoms with van der Waals surface area (Å²) in [4.78, 5) is 0. The van der Waals surface area contributed by atoms with Gasteiger partial charge < -0.3 is 10.5 Å². The van der Waals surface area contributed by atoms with E-state index in [-0.39, 0.29) is 5.84 Å². The maximum atomic E-state index is 7.40. The van der Waals surface area contributed by atoms with Gasteiger partial charge in [0, 0.05) is 12.6 Å². The lowest BCUT2D eigenvalue weighted by molar-refractivity contribution is 0.295. The van der Waals surface area contributed by atoms with E-state index < -0.39 is 0 Å². The molecule has 0 radical (unpaired) electrons. The van der Waals surface area contributed by atoms with Gasteiger partial charge >= 0.3 is 0 Å². The molecule has 0 aliphatic heterocycles. The van der Waals surface area contributed by atoms with Gasteiger partial charge in [-0.05, 0) is 24.6 Å². The smallest absolute Gasteiger partial charge is 0.130 e. The van der Waals surface area contributed by atoms with Crippen LogP contribution in [0, 0.1) is 5.41 Å². The van der Waals surface area contributed by atoms with Crippen molar-refractivity contribution in [2.75, 3.05) is 0 Å². The van der Waals surface area contributed by atoms with Crippen LogP contribution >= 0.6 is 0 Å². The minimum absolute atomic E-state index is 0.0410. The minimum Gasteiger partial charge on any atom is -0.487 e. The van der Waals surface area contributed by atoms with E-state index in [1.54, 1.807) is 12.1 Å². The van der Waals surface area contributed by atoms with E-state index >= 15 is 0 Å². The topological polar surface area (TPSA) is 76.9 Å². The van der Waals surface area contributed by atoms with Gasteiger partial charge in [0.2, 0.25) is 0 Å². The van der Waals surface area contributed by atoms with Crippen molar-refractivity contribution in [2.45, 2.75) is 20.0 Å². The Hall–Kier alpha value is -2.30. The first-order chi connectivity index (χ1) is 9.10. The molecule has 0 aliphatic carbocycles. The number of nitrogen functional groups attached to an aromatic ring is 1. The average Bonchev–Trinajstić information content (AvgIpc) is 2.77. The van der Waals surface area contributed by atoms with E-state index in [2.05, 4.69) is 12.0 Å². The van der Waals surface area contributed by atoms with Gasteiger partial charge in [0.05, 0.1) is 11.4 Å². The van der Waals surface area contributed by atoms with Crippen molar-refractivity contribution in [3.63, 3.8) is 0 Å². The largest absolute Gasteiger partial charge is 0.487 e. The zero-order valence-electron chi connectivity index (χ0n) is 11.2. The van der Waals surface area contributed by atoms with Crippen molar-refractivity contribution in [3.8, 4) is 5.75 Å². The third-order valence-corrected chi connectivity index (χ3v) is 2.92. The molecular formula is C14H18N4O. The zero-order chi connectivity index (χ0) is 13.8. The molecule has 0 saturated carbocycles. The van der Waals surface area contributed by atoms with Crippen LogP contribution in [-0.4, -0.2) is 15.6 Å². The predicted octanol–water partition coefficient (Wildman–Crippen LogP) is 1.85. The number of benzene rings is 1. The highest BCUT2D eigenvalue weighted by Crippen LogP contribution is 2.15. The molecule has 0 amide bonds. The van der Waals surface area contributed by atoms with E-state index in [0.29, 0.717) is 17.9 Å². The highest BCUT2D eigenvalue weighted by atomic mass is 16.5. The number of aromatic nitrogens is 2. The molecule has 5 heteroatoms. The molecule has 0 bridgehead atoms. The van der Waals surface area contributed by atoms with Crippen molar-refractivity contribution in [1.29, 1.82) is 5.41 Å². The molecule has 19 heavy (non-hydrogen) atoms. The molecule has 1 aromatic carbocycles. The van der Waals surface area contributed by atoms with Crippen LogP contribution in [0.25, 0.3) is 0 Å². The van der Waals surface area contributed by atoms with E-state index in [0.717, 1.165) is 17.8 Å². The fourth-order valence-electron chi connectivity index (χ4n) is 1.79. The summed E-state index contributed by atoms with van der Waals surface area (Å²) >= 11 is 0. The fourth-order valence-corrected chi connectivity index (χ4v) is 1.79. The van der Waals surface area contributed by atoms with Gasteiger partial charge in [-0.2, -0.15) is 5.10 Å². The number of hydrogen-bond donors (Lipinski definition) is 2. The van der Waals surface area contributed by atoms with Gasteiger partial charge in [0.1, 0.15) is 18.2 Å². The van der Waals surface area contributed by atoms with E-state index in [1.165, 1.54) is 0 Å². The summed E-state index contributed by atoms with van der Waals surface area (Å²) in [5.41, 5.74) is 8.19. The number of nitrogens with one attached hydrogen (secondary N) is 1. The van der Waals surface area contributed by atoms with Gasteiger partial charge in [-0.1, -0.05) is 19.1 Å². The summed E-state index contributed by atoms with van der Waals surface area (Å²) in [6.45, 7) is 2.52. The first-order valence-corrected chi connectivity index (χ1v) is 6.19. The van der Waals surface area contributed by atoms with Gasteiger partial charge in [-0.15, -0.1) is 0 Å². The Balaban J connectivity index is 2.07. The van der Waals surface area contributed by atoms with Crippen molar-refractivity contribution < 1.29 is 4.74 Å². The lowest BCUT2D eigenvalue weighted by atomic mass is 10.2. The molecule has 1 heterocycles. The van der Waals surface area contributed by atoms with Gasteiger partial charge in [-0.3, -0.25) is 10.1 Å². The Morgan fingerprint density at radius 2 is 2.21 bits per heavy atom. The van der Waals surface area contributed by atoms with Crippen LogP contribution in [0.3, 0.4) is 0 Å². The summed E-state index contributed by atoms with van der Waals surface area (Å²) in [6, 6.07) is 9.26. The normalized spacial score (nSPS) is 10.4. The van der Waals surface area contributed by atoms with Gasteiger partial charge in [0.25, 0.3) is 0 Å². The summed E-state index contributed by atoms with van der Waals surface area (Å²) in [5, 5.41) is 11.8. The average molecular weight is 258 g/mol. The molecule has 0 aliphatic rings. The number of rotatable bonds is 5. The number of ether oxygens (including phenoxy) is 1. The molecule has 3 N–H and O–H groups in total. The van der Waals surface area contributed by atoms with Crippen LogP contribution in [0.2, 0.25) is 0 Å². The molecule has 0 atom stereocenters. The number of nitrogens with zero attached hydrogens (tertiary/aromatic N) is 2. The Bertz CT molecular complexity index is 589. The van der Waals surface area contributed by atoms with Crippen LogP contribution < -0.4 is 10.5 Å². The molecular weight excluding hydrogens is 240 g/mol. The maximum Gasteiger partial charge on any atom is 0.130 e. The molecule has 0 unspecified atom stereocenters. The van der Waals surface area contributed by atoms with E-state index in [9.17, 15) is 0 Å². The molecule has 0 saturated heterocycles. The molecule has 0 fully saturated rings. The fraction of sp³-hybridized carbons (Fsp3) is 0.286. The Kier molecular flexibility index (Phi) is 3.85. The van der Waals surface area contributed by atoms with Crippen LogP contribution in [0.15, 0.2) is 30.3 Å². The van der Waals surface area contributed by atoms with Crippen LogP contribution in [0.1, 0.15) is 23.9 Å². The number of hydrogen-bond acceptors (Lipinski definition) is 3. The Morgan fingerprint density at radius 1 is 1.42 bits per heavy atom. The van der Waals surface area contributed by atoms with Crippen molar-refractivity contribution in [3.05, 3.63) is 47.3 Å². The van der Waals surface area contributed by atoms with Gasteiger partial charge in [-0.25, -0.2) is 0 Å². The van der Waals surface area contributed by atoms with Crippen LogP contribution in [0.5, 0.6) is 5.75 Å². The SMILES string of the molecule is CCc1cc(COc2cccc(C(=N)N)c2)n(C)n1. The summed E-state index contributed by atoms with van der Waals surface area (Å²) in [7, 11) is 1.91. The first-order valence-electron chi connectivity index (χ1n) is 6.19. The number of amidine groups is 1. The lowest BCUT2D eigenvalue weighted by Crippen LogP contribution is -2.11. The standard InChI is InChI=1S/C14H18N4O/c1-3-11-8-12(18(2)17-11)9-19-13-6-4-5-10(7-13)14(15)16/h4-8H,3,9H2,1-2H3,(H3,15,16). The maximum absolute atomic E-state index is 7.40. The lowest BCUT2D eigenvalue weighted by Gasteiger charge is -2.07. The second-order valence-electron chi connectivity index (χ2n) is 4.33. The molecule has 100 valence electrons. The van der Waals surface area contributed by atoms with Crippen LogP contribution in [0.4, 0.5) is 0 Å². The second-order valence-corrected chi connectivity index (χ2v) is 4.33. The van der Waals surface area contributed by atoms with E-state index in [1.807, 2.05) is 29.9 Å². The molecule has 5 nitrogen and oxygen atoms in total. The minimum atomic E-state index is 0.0410. The third kappa shape index (κ3) is 3.13. The van der Waals surface area contributed by atoms with Crippen molar-refractivity contribution in [1.82, 2.24) is 9.78 Å². The predicted molar refractivity (Wildman–Crippen MR) is 74.4 cm³/mol. The highest BCUT2D eigenvalue weighted by Gasteiger charge is 2.05. The Labute approximate surface area is 112 Å². The summed E-state index contributed by atoms with van der Waals surface area (Å²) < 4.78 is 7.54. The number of aryl methyl sites for hydroxylation is 2. The summed E-state index contributed by atoms with van der Waals surface area (Å²) in [6.07, 6.45) is 0.910. The number of nitrogens with two attached hydrogens (primary N) is 1. The first kappa shape index (κ1) is 13.1. The van der Waals surface area contributed by atoms with Crippen molar-refractivity contribution in [2.24, 2.45) is 12.8 Å². The molecule has 0 spiro atoms. The van der Waals surface area contributed by atoms with Crippen LogP contribution in [-0.2, 0) is 20.1 Å². The Morgan fingerprint density at radius 3 is 2.84 bits per heavy atom. The zero-order valence-corrected chi connectivity index (χ0v) is 11.2. The third-order valence-electron chi connectivity index (χ3n) is 2.92. The molecule has 2 rings (SSSR count). The second kappa shape index (κ2) is 5.56. The summed E-state index contributed by atoms with van der Waals surface area (Å²) in [5.74, 6) is 0.742. The highest BCUT2D eigenvalue weighted by molar-refractivity contribution is 5.95. The monoisotopic (exact) mass is 258 g/mol. The van der Waals surface area contributed by atoms with Crippen molar-refractivity contribution >= 4 is 5.84 Å². The van der Waals surface area contributed by atoms with E-state index in [4.69, 9.17) is 15.9 Å². The quantitative estimate of drug-likeness (QED) is 0.634.